The monoisotopic (exact) mass is 390 g/mol. The molecule has 144 valence electrons. The van der Waals surface area contributed by atoms with Crippen LogP contribution in [0.15, 0.2) is 53.4 Å². The summed E-state index contributed by atoms with van der Waals surface area (Å²) in [6.07, 6.45) is -1.00. The zero-order valence-corrected chi connectivity index (χ0v) is 15.7. The van der Waals surface area contributed by atoms with E-state index in [0.717, 1.165) is 0 Å². The van der Waals surface area contributed by atoms with Gasteiger partial charge in [-0.3, -0.25) is 4.79 Å². The van der Waals surface area contributed by atoms with Gasteiger partial charge in [-0.2, -0.15) is 0 Å². The Labute approximate surface area is 158 Å². The molecule has 1 aliphatic heterocycles. The number of nitrogens with zero attached hydrogens (tertiary/aromatic N) is 1. The molecule has 0 radical (unpaired) electrons. The third kappa shape index (κ3) is 3.74. The molecule has 3 rings (SSSR count). The van der Waals surface area contributed by atoms with Gasteiger partial charge < -0.3 is 15.1 Å². The molecule has 0 aromatic heterocycles. The first-order valence-corrected chi connectivity index (χ1v) is 10.1. The second kappa shape index (κ2) is 7.05. The number of carbonyl (C=O) groups is 1. The molecule has 2 atom stereocenters. The lowest BCUT2D eigenvalue weighted by Crippen LogP contribution is -2.55. The van der Waals surface area contributed by atoms with Crippen LogP contribution in [-0.2, 0) is 15.6 Å². The molecule has 0 spiro atoms. The maximum atomic E-state index is 12.9. The zero-order chi connectivity index (χ0) is 19.8. The SMILES string of the molecule is Cc1ccc(S(N)(=O)=O)cc1C(=O)N1CC[C@](O)(c2ccccc2)[C@@H](O)C1. The van der Waals surface area contributed by atoms with Crippen LogP contribution in [0.2, 0.25) is 0 Å². The minimum Gasteiger partial charge on any atom is -0.388 e. The van der Waals surface area contributed by atoms with Crippen LogP contribution in [-0.4, -0.2) is 48.6 Å². The van der Waals surface area contributed by atoms with E-state index in [0.29, 0.717) is 11.1 Å². The summed E-state index contributed by atoms with van der Waals surface area (Å²) in [7, 11) is -3.93. The maximum Gasteiger partial charge on any atom is 0.254 e. The molecule has 0 aliphatic carbocycles. The highest BCUT2D eigenvalue weighted by molar-refractivity contribution is 7.89. The summed E-state index contributed by atoms with van der Waals surface area (Å²) in [4.78, 5) is 14.2. The van der Waals surface area contributed by atoms with Crippen molar-refractivity contribution in [2.24, 2.45) is 5.14 Å². The molecule has 0 unspecified atom stereocenters. The lowest BCUT2D eigenvalue weighted by atomic mass is 9.82. The van der Waals surface area contributed by atoms with Gasteiger partial charge in [-0.15, -0.1) is 0 Å². The molecule has 2 aromatic carbocycles. The van der Waals surface area contributed by atoms with E-state index in [9.17, 15) is 23.4 Å². The molecule has 7 nitrogen and oxygen atoms in total. The first-order valence-electron chi connectivity index (χ1n) is 8.51. The fourth-order valence-corrected chi connectivity index (χ4v) is 3.89. The van der Waals surface area contributed by atoms with E-state index < -0.39 is 27.6 Å². The van der Waals surface area contributed by atoms with Crippen molar-refractivity contribution in [2.75, 3.05) is 13.1 Å². The molecule has 0 bridgehead atoms. The van der Waals surface area contributed by atoms with Crippen molar-refractivity contribution in [3.05, 3.63) is 65.2 Å². The van der Waals surface area contributed by atoms with Crippen molar-refractivity contribution >= 4 is 15.9 Å². The van der Waals surface area contributed by atoms with Crippen LogP contribution >= 0.6 is 0 Å². The molecule has 1 fully saturated rings. The number of amides is 1. The van der Waals surface area contributed by atoms with Crippen molar-refractivity contribution in [1.82, 2.24) is 4.90 Å². The number of aryl methyl sites for hydroxylation is 1. The molecule has 1 aliphatic rings. The Kier molecular flexibility index (Phi) is 5.09. The highest BCUT2D eigenvalue weighted by Gasteiger charge is 2.43. The van der Waals surface area contributed by atoms with Gasteiger partial charge in [0, 0.05) is 18.5 Å². The summed E-state index contributed by atoms with van der Waals surface area (Å²) < 4.78 is 23.1. The van der Waals surface area contributed by atoms with Gasteiger partial charge in [-0.1, -0.05) is 36.4 Å². The van der Waals surface area contributed by atoms with E-state index in [1.807, 2.05) is 6.07 Å². The Morgan fingerprint density at radius 1 is 1.22 bits per heavy atom. The van der Waals surface area contributed by atoms with Crippen LogP contribution in [0.5, 0.6) is 0 Å². The van der Waals surface area contributed by atoms with E-state index in [1.165, 1.54) is 23.1 Å². The third-order valence-corrected chi connectivity index (χ3v) is 5.95. The topological polar surface area (TPSA) is 121 Å². The number of sulfonamides is 1. The second-order valence-electron chi connectivity index (χ2n) is 6.83. The van der Waals surface area contributed by atoms with Crippen LogP contribution in [0.4, 0.5) is 0 Å². The van der Waals surface area contributed by atoms with Gasteiger partial charge in [0.05, 0.1) is 11.4 Å². The van der Waals surface area contributed by atoms with Crippen molar-refractivity contribution in [1.29, 1.82) is 0 Å². The summed E-state index contributed by atoms with van der Waals surface area (Å²) in [5.41, 5.74) is -0.0307. The molecule has 4 N–H and O–H groups in total. The average molecular weight is 390 g/mol. The van der Waals surface area contributed by atoms with Crippen LogP contribution < -0.4 is 5.14 Å². The number of aliphatic hydroxyl groups is 2. The molecule has 1 heterocycles. The summed E-state index contributed by atoms with van der Waals surface area (Å²) in [5, 5.41) is 26.6. The summed E-state index contributed by atoms with van der Waals surface area (Å²) in [6, 6.07) is 13.0. The van der Waals surface area contributed by atoms with Crippen LogP contribution in [0.25, 0.3) is 0 Å². The first kappa shape index (κ1) is 19.5. The Morgan fingerprint density at radius 3 is 2.48 bits per heavy atom. The van der Waals surface area contributed by atoms with E-state index in [2.05, 4.69) is 0 Å². The number of carbonyl (C=O) groups excluding carboxylic acids is 1. The molecule has 0 saturated carbocycles. The molecule has 27 heavy (non-hydrogen) atoms. The molecule has 1 saturated heterocycles. The summed E-state index contributed by atoms with van der Waals surface area (Å²) in [6.45, 7) is 1.85. The largest absolute Gasteiger partial charge is 0.388 e. The van der Waals surface area contributed by atoms with Gasteiger partial charge >= 0.3 is 0 Å². The fourth-order valence-electron chi connectivity index (χ4n) is 3.35. The number of hydrogen-bond acceptors (Lipinski definition) is 5. The molecular weight excluding hydrogens is 368 g/mol. The Bertz CT molecular complexity index is 961. The number of piperidine rings is 1. The van der Waals surface area contributed by atoms with Crippen molar-refractivity contribution in [3.63, 3.8) is 0 Å². The molecule has 8 heteroatoms. The molecule has 1 amide bonds. The number of likely N-dealkylation sites (tertiary alicyclic amines) is 1. The molecular formula is C19H22N2O5S. The fraction of sp³-hybridized carbons (Fsp3) is 0.316. The highest BCUT2D eigenvalue weighted by atomic mass is 32.2. The Hall–Kier alpha value is -2.26. The number of rotatable bonds is 3. The first-order chi connectivity index (χ1) is 12.6. The van der Waals surface area contributed by atoms with E-state index in [1.54, 1.807) is 31.2 Å². The van der Waals surface area contributed by atoms with Crippen LogP contribution in [0, 0.1) is 6.92 Å². The minimum atomic E-state index is -3.93. The number of aliphatic hydroxyl groups excluding tert-OH is 1. The number of primary sulfonamides is 1. The number of nitrogens with two attached hydrogens (primary N) is 1. The number of benzene rings is 2. The third-order valence-electron chi connectivity index (χ3n) is 5.04. The summed E-state index contributed by atoms with van der Waals surface area (Å²) in [5.74, 6) is -0.410. The van der Waals surface area contributed by atoms with Crippen LogP contribution in [0.3, 0.4) is 0 Å². The predicted molar refractivity (Wildman–Crippen MR) is 99.4 cm³/mol. The Balaban J connectivity index is 1.85. The lowest BCUT2D eigenvalue weighted by molar-refractivity contribution is -0.118. The smallest absolute Gasteiger partial charge is 0.254 e. The predicted octanol–water partition coefficient (Wildman–Crippen LogP) is 0.737. The number of β-amino-alcohol motifs (C(OH)–C–C–N with tert-alkyl or cyclic N) is 1. The van der Waals surface area contributed by atoms with Crippen molar-refractivity contribution in [3.8, 4) is 0 Å². The standard InChI is InChI=1S/C19H22N2O5S/c1-13-7-8-15(27(20,25)26)11-16(13)18(23)21-10-9-19(24,17(22)12-21)14-5-3-2-4-6-14/h2-8,11,17,22,24H,9-10,12H2,1H3,(H2,20,25,26)/t17-,19-/m0/s1. The van der Waals surface area contributed by atoms with E-state index in [-0.39, 0.29) is 30.0 Å². The maximum absolute atomic E-state index is 12.9. The summed E-state index contributed by atoms with van der Waals surface area (Å²) >= 11 is 0. The second-order valence-corrected chi connectivity index (χ2v) is 8.39. The van der Waals surface area contributed by atoms with Gasteiger partial charge in [-0.25, -0.2) is 13.6 Å². The van der Waals surface area contributed by atoms with Crippen molar-refractivity contribution < 1.29 is 23.4 Å². The van der Waals surface area contributed by atoms with Crippen LogP contribution in [0.1, 0.15) is 27.9 Å². The average Bonchev–Trinajstić information content (AvgIpc) is 2.63. The zero-order valence-electron chi connectivity index (χ0n) is 14.9. The van der Waals surface area contributed by atoms with Crippen molar-refractivity contribution in [2.45, 2.75) is 29.9 Å². The van der Waals surface area contributed by atoms with Gasteiger partial charge in [0.2, 0.25) is 10.0 Å². The quantitative estimate of drug-likeness (QED) is 0.714. The van der Waals surface area contributed by atoms with Gasteiger partial charge in [0.15, 0.2) is 0 Å². The normalized spacial score (nSPS) is 23.3. The molecule has 2 aromatic rings. The van der Waals surface area contributed by atoms with Gasteiger partial charge in [0.1, 0.15) is 11.7 Å². The number of hydrogen-bond donors (Lipinski definition) is 3. The van der Waals surface area contributed by atoms with E-state index in [4.69, 9.17) is 5.14 Å². The minimum absolute atomic E-state index is 0.0662. The van der Waals surface area contributed by atoms with Gasteiger partial charge in [0.25, 0.3) is 5.91 Å². The lowest BCUT2D eigenvalue weighted by Gasteiger charge is -2.42. The Morgan fingerprint density at radius 2 is 1.89 bits per heavy atom. The highest BCUT2D eigenvalue weighted by Crippen LogP contribution is 2.33. The van der Waals surface area contributed by atoms with Gasteiger partial charge in [-0.05, 0) is 30.2 Å². The van der Waals surface area contributed by atoms with E-state index >= 15 is 0 Å².